The van der Waals surface area contributed by atoms with Gasteiger partial charge in [0.05, 0.1) is 13.2 Å². The average molecular weight is 282 g/mol. The van der Waals surface area contributed by atoms with Crippen LogP contribution in [0, 0.1) is 23.2 Å². The predicted octanol–water partition coefficient (Wildman–Crippen LogP) is 3.54. The molecular formula is C17H30O3. The van der Waals surface area contributed by atoms with Gasteiger partial charge in [0.1, 0.15) is 0 Å². The molecule has 0 aromatic rings. The van der Waals surface area contributed by atoms with E-state index in [2.05, 4.69) is 13.8 Å². The summed E-state index contributed by atoms with van der Waals surface area (Å²) in [7, 11) is 1.46. The fourth-order valence-corrected chi connectivity index (χ4v) is 5.00. The van der Waals surface area contributed by atoms with Crippen molar-refractivity contribution in [1.29, 1.82) is 0 Å². The topological polar surface area (TPSA) is 46.5 Å². The molecule has 0 spiro atoms. The highest BCUT2D eigenvalue weighted by Gasteiger charge is 2.51. The smallest absolute Gasteiger partial charge is 0.305 e. The lowest BCUT2D eigenvalue weighted by atomic mass is 9.61. The Morgan fingerprint density at radius 2 is 2.15 bits per heavy atom. The summed E-state index contributed by atoms with van der Waals surface area (Å²) in [6.07, 6.45) is 8.33. The highest BCUT2D eigenvalue weighted by Crippen LogP contribution is 2.58. The van der Waals surface area contributed by atoms with Crippen LogP contribution in [0.3, 0.4) is 0 Å². The van der Waals surface area contributed by atoms with Gasteiger partial charge in [-0.25, -0.2) is 0 Å². The highest BCUT2D eigenvalue weighted by molar-refractivity contribution is 5.68. The van der Waals surface area contributed by atoms with Gasteiger partial charge in [0.25, 0.3) is 0 Å². The number of fused-ring (bicyclic) bond motifs is 1. The number of aliphatic hydroxyl groups is 1. The molecule has 0 aromatic carbocycles. The number of carbonyl (C=O) groups excluding carboxylic acids is 1. The molecule has 2 aliphatic carbocycles. The molecular weight excluding hydrogens is 252 g/mol. The summed E-state index contributed by atoms with van der Waals surface area (Å²) < 4.78 is 4.71. The highest BCUT2D eigenvalue weighted by atomic mass is 16.5. The van der Waals surface area contributed by atoms with Gasteiger partial charge in [0, 0.05) is 6.42 Å². The lowest BCUT2D eigenvalue weighted by molar-refractivity contribution is -0.140. The first-order valence-corrected chi connectivity index (χ1v) is 8.24. The Kier molecular flexibility index (Phi) is 5.11. The second kappa shape index (κ2) is 6.46. The first kappa shape index (κ1) is 15.8. The van der Waals surface area contributed by atoms with Crippen molar-refractivity contribution in [3.05, 3.63) is 0 Å². The Balaban J connectivity index is 1.90. The summed E-state index contributed by atoms with van der Waals surface area (Å²) in [5.41, 5.74) is 0.322. The molecule has 2 fully saturated rings. The Bertz CT molecular complexity index is 341. The second-order valence-electron chi connectivity index (χ2n) is 7.20. The third-order valence-corrected chi connectivity index (χ3v) is 6.12. The van der Waals surface area contributed by atoms with E-state index in [9.17, 15) is 9.90 Å². The fourth-order valence-electron chi connectivity index (χ4n) is 5.00. The lowest BCUT2D eigenvalue weighted by Crippen LogP contribution is -2.41. The molecule has 116 valence electrons. The van der Waals surface area contributed by atoms with E-state index in [4.69, 9.17) is 4.74 Å². The zero-order chi connectivity index (χ0) is 14.8. The van der Waals surface area contributed by atoms with E-state index in [1.807, 2.05) is 0 Å². The van der Waals surface area contributed by atoms with Crippen LogP contribution in [0.1, 0.15) is 65.2 Å². The molecule has 0 heterocycles. The standard InChI is InChI=1S/C17H30O3/c1-12(6-4-8-16(19)20-3)13-9-10-14-15(18)7-5-11-17(13,14)2/h12-15,18H,4-11H2,1-3H3/t12?,13-,14-,15+,17+/m1/s1. The molecule has 1 unspecified atom stereocenters. The summed E-state index contributed by atoms with van der Waals surface area (Å²) >= 11 is 0. The molecule has 3 nitrogen and oxygen atoms in total. The maximum Gasteiger partial charge on any atom is 0.305 e. The van der Waals surface area contributed by atoms with Gasteiger partial charge >= 0.3 is 5.97 Å². The van der Waals surface area contributed by atoms with Gasteiger partial charge in [-0.05, 0) is 61.7 Å². The van der Waals surface area contributed by atoms with Gasteiger partial charge in [-0.15, -0.1) is 0 Å². The quantitative estimate of drug-likeness (QED) is 0.784. The molecule has 0 aliphatic heterocycles. The van der Waals surface area contributed by atoms with Crippen molar-refractivity contribution >= 4 is 5.97 Å². The molecule has 5 atom stereocenters. The molecule has 0 radical (unpaired) electrons. The van der Waals surface area contributed by atoms with Crippen LogP contribution in [-0.2, 0) is 9.53 Å². The summed E-state index contributed by atoms with van der Waals surface area (Å²) in [4.78, 5) is 11.2. The SMILES string of the molecule is COC(=O)CCCC(C)[C@H]1CC[C@@H]2[C@@H](O)CCC[C@@]12C. The number of aliphatic hydroxyl groups excluding tert-OH is 1. The van der Waals surface area contributed by atoms with E-state index >= 15 is 0 Å². The Hall–Kier alpha value is -0.570. The van der Waals surface area contributed by atoms with Crippen LogP contribution in [-0.4, -0.2) is 24.3 Å². The van der Waals surface area contributed by atoms with Gasteiger partial charge in [0.15, 0.2) is 0 Å². The lowest BCUT2D eigenvalue weighted by Gasteiger charge is -2.45. The molecule has 2 aliphatic rings. The van der Waals surface area contributed by atoms with Crippen LogP contribution >= 0.6 is 0 Å². The summed E-state index contributed by atoms with van der Waals surface area (Å²) in [6, 6.07) is 0. The van der Waals surface area contributed by atoms with Crippen molar-refractivity contribution in [2.45, 2.75) is 71.3 Å². The number of rotatable bonds is 5. The van der Waals surface area contributed by atoms with Crippen LogP contribution in [0.15, 0.2) is 0 Å². The normalized spacial score (nSPS) is 38.3. The Morgan fingerprint density at radius 3 is 2.85 bits per heavy atom. The Labute approximate surface area is 123 Å². The summed E-state index contributed by atoms with van der Waals surface area (Å²) in [5.74, 6) is 1.75. The summed E-state index contributed by atoms with van der Waals surface area (Å²) in [6.45, 7) is 4.73. The van der Waals surface area contributed by atoms with Crippen LogP contribution in [0.25, 0.3) is 0 Å². The molecule has 20 heavy (non-hydrogen) atoms. The third kappa shape index (κ3) is 3.03. The van der Waals surface area contributed by atoms with Gasteiger partial charge in [0.2, 0.25) is 0 Å². The molecule has 2 saturated carbocycles. The van der Waals surface area contributed by atoms with E-state index in [1.165, 1.54) is 32.8 Å². The molecule has 0 aromatic heterocycles. The third-order valence-electron chi connectivity index (χ3n) is 6.12. The zero-order valence-electron chi connectivity index (χ0n) is 13.2. The van der Waals surface area contributed by atoms with Gasteiger partial charge in [-0.3, -0.25) is 4.79 Å². The molecule has 2 rings (SSSR count). The summed E-state index contributed by atoms with van der Waals surface area (Å²) in [5, 5.41) is 10.3. The van der Waals surface area contributed by atoms with Gasteiger partial charge < -0.3 is 9.84 Å². The van der Waals surface area contributed by atoms with E-state index in [0.717, 1.165) is 19.3 Å². The number of methoxy groups -OCH3 is 1. The van der Waals surface area contributed by atoms with Crippen molar-refractivity contribution in [3.8, 4) is 0 Å². The van der Waals surface area contributed by atoms with Crippen molar-refractivity contribution in [1.82, 2.24) is 0 Å². The molecule has 1 N–H and O–H groups in total. The molecule has 0 bridgehead atoms. The van der Waals surface area contributed by atoms with Crippen LogP contribution in [0.5, 0.6) is 0 Å². The minimum Gasteiger partial charge on any atom is -0.469 e. The molecule has 3 heteroatoms. The van der Waals surface area contributed by atoms with E-state index in [1.54, 1.807) is 0 Å². The van der Waals surface area contributed by atoms with Crippen LogP contribution in [0.4, 0.5) is 0 Å². The number of hydrogen-bond acceptors (Lipinski definition) is 3. The largest absolute Gasteiger partial charge is 0.469 e. The number of carbonyl (C=O) groups is 1. The van der Waals surface area contributed by atoms with E-state index < -0.39 is 0 Å². The maximum absolute atomic E-state index is 11.2. The fraction of sp³-hybridized carbons (Fsp3) is 0.941. The van der Waals surface area contributed by atoms with Crippen molar-refractivity contribution < 1.29 is 14.6 Å². The molecule has 0 amide bonds. The van der Waals surface area contributed by atoms with Crippen molar-refractivity contribution in [3.63, 3.8) is 0 Å². The minimum absolute atomic E-state index is 0.0824. The number of hydrogen-bond donors (Lipinski definition) is 1. The van der Waals surface area contributed by atoms with Gasteiger partial charge in [-0.2, -0.15) is 0 Å². The van der Waals surface area contributed by atoms with Crippen LogP contribution in [0.2, 0.25) is 0 Å². The average Bonchev–Trinajstić information content (AvgIpc) is 2.77. The number of esters is 1. The van der Waals surface area contributed by atoms with Crippen molar-refractivity contribution in [2.24, 2.45) is 23.2 Å². The van der Waals surface area contributed by atoms with Crippen molar-refractivity contribution in [2.75, 3.05) is 7.11 Å². The molecule has 0 saturated heterocycles. The van der Waals surface area contributed by atoms with E-state index in [0.29, 0.717) is 29.6 Å². The zero-order valence-corrected chi connectivity index (χ0v) is 13.2. The second-order valence-corrected chi connectivity index (χ2v) is 7.20. The predicted molar refractivity (Wildman–Crippen MR) is 79.2 cm³/mol. The maximum atomic E-state index is 11.2. The number of ether oxygens (including phenoxy) is 1. The first-order chi connectivity index (χ1) is 9.49. The monoisotopic (exact) mass is 282 g/mol. The first-order valence-electron chi connectivity index (χ1n) is 8.24. The van der Waals surface area contributed by atoms with E-state index in [-0.39, 0.29) is 12.1 Å². The van der Waals surface area contributed by atoms with Crippen LogP contribution < -0.4 is 0 Å². The van der Waals surface area contributed by atoms with Gasteiger partial charge in [-0.1, -0.05) is 20.3 Å². The Morgan fingerprint density at radius 1 is 1.40 bits per heavy atom. The minimum atomic E-state index is -0.0965.